The number of benzene rings is 1. The first-order valence-corrected chi connectivity index (χ1v) is 10.7. The molecule has 31 heavy (non-hydrogen) atoms. The Balaban J connectivity index is 1.37. The number of rotatable bonds is 3. The van der Waals surface area contributed by atoms with E-state index >= 15 is 0 Å². The van der Waals surface area contributed by atoms with Gasteiger partial charge in [-0.3, -0.25) is 0 Å². The molecule has 9 heteroatoms. The van der Waals surface area contributed by atoms with E-state index in [-0.39, 0.29) is 18.3 Å². The quantitative estimate of drug-likeness (QED) is 0.724. The molecule has 0 atom stereocenters. The Kier molecular flexibility index (Phi) is 7.37. The Morgan fingerprint density at radius 1 is 0.839 bits per heavy atom. The fraction of sp³-hybridized carbons (Fsp3) is 0.591. The Labute approximate surface area is 182 Å². The van der Waals surface area contributed by atoms with Crippen LogP contribution in [0.1, 0.15) is 44.0 Å². The van der Waals surface area contributed by atoms with Crippen molar-refractivity contribution in [3.05, 3.63) is 35.9 Å². The number of carbonyl (C=O) groups excluding carboxylic acids is 3. The summed E-state index contributed by atoms with van der Waals surface area (Å²) in [5.74, 6) is -0.409. The van der Waals surface area contributed by atoms with Crippen LogP contribution in [0, 0.1) is 0 Å². The zero-order chi connectivity index (χ0) is 22.4. The first kappa shape index (κ1) is 22.9. The van der Waals surface area contributed by atoms with Crippen LogP contribution in [0.3, 0.4) is 0 Å². The van der Waals surface area contributed by atoms with Crippen LogP contribution in [-0.2, 0) is 14.3 Å². The number of hydroxylamine groups is 2. The maximum absolute atomic E-state index is 12.5. The molecule has 9 nitrogen and oxygen atoms in total. The van der Waals surface area contributed by atoms with Crippen molar-refractivity contribution >= 4 is 18.2 Å². The van der Waals surface area contributed by atoms with Gasteiger partial charge in [-0.25, -0.2) is 14.4 Å². The summed E-state index contributed by atoms with van der Waals surface area (Å²) in [7, 11) is 0. The number of hydrogen-bond donors (Lipinski definition) is 0. The maximum atomic E-state index is 12.5. The molecule has 0 saturated carbocycles. The average molecular weight is 434 g/mol. The molecule has 2 amide bonds. The van der Waals surface area contributed by atoms with E-state index in [1.807, 2.05) is 26.8 Å². The molecule has 0 unspecified atom stereocenters. The summed E-state index contributed by atoms with van der Waals surface area (Å²) < 4.78 is 11.0. The predicted octanol–water partition coefficient (Wildman–Crippen LogP) is 2.91. The molecule has 1 aromatic carbocycles. The van der Waals surface area contributed by atoms with Gasteiger partial charge in [0.15, 0.2) is 0 Å². The van der Waals surface area contributed by atoms with Crippen molar-refractivity contribution in [2.75, 3.05) is 39.3 Å². The summed E-state index contributed by atoms with van der Waals surface area (Å²) in [6.07, 6.45) is 0.238. The normalized spacial score (nSPS) is 18.4. The summed E-state index contributed by atoms with van der Waals surface area (Å²) in [5.41, 5.74) is -0.0418. The largest absolute Gasteiger partial charge is 0.446 e. The summed E-state index contributed by atoms with van der Waals surface area (Å²) in [4.78, 5) is 45.4. The lowest BCUT2D eigenvalue weighted by Gasteiger charge is -2.36. The van der Waals surface area contributed by atoms with Gasteiger partial charge in [-0.1, -0.05) is 18.2 Å². The van der Waals surface area contributed by atoms with Gasteiger partial charge in [0.2, 0.25) is 0 Å². The van der Waals surface area contributed by atoms with Crippen LogP contribution >= 0.6 is 0 Å². The van der Waals surface area contributed by atoms with Crippen molar-refractivity contribution in [1.29, 1.82) is 0 Å². The third-order valence-corrected chi connectivity index (χ3v) is 5.08. The van der Waals surface area contributed by atoms with Gasteiger partial charge >= 0.3 is 18.2 Å². The minimum Gasteiger partial charge on any atom is -0.446 e. The number of piperazine rings is 1. The molecule has 0 bridgehead atoms. The van der Waals surface area contributed by atoms with Gasteiger partial charge in [0, 0.05) is 39.0 Å². The van der Waals surface area contributed by atoms with Crippen molar-refractivity contribution in [3.8, 4) is 0 Å². The van der Waals surface area contributed by atoms with E-state index in [1.54, 1.807) is 39.1 Å². The van der Waals surface area contributed by atoms with Crippen LogP contribution in [-0.4, -0.2) is 84.0 Å². The third-order valence-electron chi connectivity index (χ3n) is 5.08. The Bertz CT molecular complexity index is 763. The molecule has 0 spiro atoms. The molecule has 1 aromatic rings. The topological polar surface area (TPSA) is 88.6 Å². The van der Waals surface area contributed by atoms with E-state index in [2.05, 4.69) is 0 Å². The first-order valence-electron chi connectivity index (χ1n) is 10.7. The van der Waals surface area contributed by atoms with Crippen molar-refractivity contribution < 1.29 is 28.7 Å². The van der Waals surface area contributed by atoms with Crippen molar-refractivity contribution in [3.63, 3.8) is 0 Å². The highest BCUT2D eigenvalue weighted by molar-refractivity contribution is 5.89. The second kappa shape index (κ2) is 10.00. The molecule has 0 aliphatic carbocycles. The average Bonchev–Trinajstić information content (AvgIpc) is 2.74. The number of hydrogen-bond acceptors (Lipinski definition) is 7. The SMILES string of the molecule is CC(C)(C)OC(=O)N1CCC(OC(=O)N2CCN(OC(=O)c3ccccc3)CC2)CC1. The van der Waals surface area contributed by atoms with Crippen molar-refractivity contribution in [2.24, 2.45) is 0 Å². The number of piperidine rings is 1. The lowest BCUT2D eigenvalue weighted by atomic mass is 10.1. The van der Waals surface area contributed by atoms with Gasteiger partial charge in [0.1, 0.15) is 11.7 Å². The van der Waals surface area contributed by atoms with Crippen LogP contribution < -0.4 is 0 Å². The minimum absolute atomic E-state index is 0.222. The third kappa shape index (κ3) is 6.85. The second-order valence-corrected chi connectivity index (χ2v) is 8.71. The Morgan fingerprint density at radius 2 is 1.42 bits per heavy atom. The highest BCUT2D eigenvalue weighted by atomic mass is 16.7. The monoisotopic (exact) mass is 433 g/mol. The molecule has 0 aromatic heterocycles. The van der Waals surface area contributed by atoms with Gasteiger partial charge in [0.25, 0.3) is 0 Å². The second-order valence-electron chi connectivity index (χ2n) is 8.71. The van der Waals surface area contributed by atoms with Gasteiger partial charge in [0.05, 0.1) is 18.7 Å². The molecule has 2 aliphatic heterocycles. The van der Waals surface area contributed by atoms with Gasteiger partial charge in [-0.15, -0.1) is 5.06 Å². The number of likely N-dealkylation sites (tertiary alicyclic amines) is 1. The van der Waals surface area contributed by atoms with E-state index in [0.717, 1.165) is 0 Å². The zero-order valence-corrected chi connectivity index (χ0v) is 18.4. The molecule has 2 aliphatic rings. The molecule has 3 rings (SSSR count). The molecular formula is C22H31N3O6. The molecule has 2 saturated heterocycles. The van der Waals surface area contributed by atoms with E-state index in [0.29, 0.717) is 57.7 Å². The van der Waals surface area contributed by atoms with Crippen LogP contribution in [0.4, 0.5) is 9.59 Å². The predicted molar refractivity (Wildman–Crippen MR) is 112 cm³/mol. The summed E-state index contributed by atoms with van der Waals surface area (Å²) in [6, 6.07) is 8.79. The summed E-state index contributed by atoms with van der Waals surface area (Å²) in [6.45, 7) is 8.17. The van der Waals surface area contributed by atoms with Crippen LogP contribution in [0.2, 0.25) is 0 Å². The molecule has 2 heterocycles. The number of nitrogens with zero attached hydrogens (tertiary/aromatic N) is 3. The summed E-state index contributed by atoms with van der Waals surface area (Å²) >= 11 is 0. The van der Waals surface area contributed by atoms with Crippen LogP contribution in [0.25, 0.3) is 0 Å². The van der Waals surface area contributed by atoms with E-state index in [4.69, 9.17) is 14.3 Å². The lowest BCUT2D eigenvalue weighted by Crippen LogP contribution is -2.50. The van der Waals surface area contributed by atoms with E-state index in [9.17, 15) is 14.4 Å². The highest BCUT2D eigenvalue weighted by Crippen LogP contribution is 2.18. The molecule has 2 fully saturated rings. The zero-order valence-electron chi connectivity index (χ0n) is 18.4. The van der Waals surface area contributed by atoms with Gasteiger partial charge in [-0.2, -0.15) is 0 Å². The van der Waals surface area contributed by atoms with Gasteiger partial charge < -0.3 is 24.1 Å². The Hall–Kier alpha value is -2.81. The standard InChI is InChI=1S/C22H31N3O6/c1-22(2,3)30-21(28)23-11-9-18(10-12-23)29-20(27)24-13-15-25(16-14-24)31-19(26)17-7-5-4-6-8-17/h4-8,18H,9-16H2,1-3H3. The summed E-state index contributed by atoms with van der Waals surface area (Å²) in [5, 5.41) is 1.57. The van der Waals surface area contributed by atoms with E-state index < -0.39 is 11.6 Å². The molecule has 170 valence electrons. The maximum Gasteiger partial charge on any atom is 0.410 e. The number of carbonyl (C=O) groups is 3. The first-order chi connectivity index (χ1) is 14.7. The molecule has 0 N–H and O–H groups in total. The fourth-order valence-electron chi connectivity index (χ4n) is 3.41. The van der Waals surface area contributed by atoms with Gasteiger partial charge in [-0.05, 0) is 32.9 Å². The number of amides is 2. The van der Waals surface area contributed by atoms with E-state index in [1.165, 1.54) is 0 Å². The molecule has 0 radical (unpaired) electrons. The molecular weight excluding hydrogens is 402 g/mol. The number of ether oxygens (including phenoxy) is 2. The fourth-order valence-corrected chi connectivity index (χ4v) is 3.41. The Morgan fingerprint density at radius 3 is 2.00 bits per heavy atom. The van der Waals surface area contributed by atoms with Crippen molar-refractivity contribution in [2.45, 2.75) is 45.3 Å². The highest BCUT2D eigenvalue weighted by Gasteiger charge is 2.31. The van der Waals surface area contributed by atoms with Crippen molar-refractivity contribution in [1.82, 2.24) is 14.9 Å². The van der Waals surface area contributed by atoms with Crippen LogP contribution in [0.5, 0.6) is 0 Å². The van der Waals surface area contributed by atoms with Crippen LogP contribution in [0.15, 0.2) is 30.3 Å². The minimum atomic E-state index is -0.530. The lowest BCUT2D eigenvalue weighted by molar-refractivity contribution is -0.128. The smallest absolute Gasteiger partial charge is 0.410 e.